The van der Waals surface area contributed by atoms with Gasteiger partial charge in [-0.3, -0.25) is 9.69 Å². The van der Waals surface area contributed by atoms with Crippen LogP contribution in [0.3, 0.4) is 0 Å². The maximum Gasteiger partial charge on any atom is 0.235 e. The molecule has 0 aromatic rings. The fourth-order valence-electron chi connectivity index (χ4n) is 0.945. The zero-order valence-corrected chi connectivity index (χ0v) is 7.52. The summed E-state index contributed by atoms with van der Waals surface area (Å²) in [5, 5.41) is 17.3. The molecule has 1 unspecified atom stereocenters. The zero-order chi connectivity index (χ0) is 10.3. The molecule has 13 heavy (non-hydrogen) atoms. The number of carbonyl (C=O) groups excluding carboxylic acids is 1. The van der Waals surface area contributed by atoms with Crippen LogP contribution in [0.15, 0.2) is 0 Å². The molecule has 0 radical (unpaired) electrons. The van der Waals surface area contributed by atoms with Crippen LogP contribution < -0.4 is 11.5 Å². The minimum absolute atomic E-state index is 0.0362. The molecule has 0 saturated heterocycles. The van der Waals surface area contributed by atoms with Gasteiger partial charge in [0.15, 0.2) is 0 Å². The van der Waals surface area contributed by atoms with Crippen molar-refractivity contribution in [1.29, 1.82) is 0 Å². The number of aliphatic hydroxyl groups excluding tert-OH is 2. The minimum atomic E-state index is -0.752. The van der Waals surface area contributed by atoms with Gasteiger partial charge in [0.2, 0.25) is 5.91 Å². The van der Waals surface area contributed by atoms with E-state index < -0.39 is 11.9 Å². The molecule has 0 spiro atoms. The van der Waals surface area contributed by atoms with Crippen molar-refractivity contribution in [3.05, 3.63) is 0 Å². The van der Waals surface area contributed by atoms with Gasteiger partial charge < -0.3 is 21.7 Å². The van der Waals surface area contributed by atoms with Crippen LogP contribution in [0, 0.1) is 0 Å². The summed E-state index contributed by atoms with van der Waals surface area (Å²) in [6.45, 7) is 0.941. The van der Waals surface area contributed by atoms with Crippen molar-refractivity contribution in [3.8, 4) is 0 Å². The molecule has 0 saturated carbocycles. The number of aliphatic hydroxyl groups is 2. The third-order valence-electron chi connectivity index (χ3n) is 1.65. The Morgan fingerprint density at radius 2 is 1.77 bits per heavy atom. The Morgan fingerprint density at radius 1 is 1.31 bits per heavy atom. The van der Waals surface area contributed by atoms with Crippen LogP contribution in [0.25, 0.3) is 0 Å². The number of nitrogens with zero attached hydrogens (tertiary/aromatic N) is 1. The van der Waals surface area contributed by atoms with Gasteiger partial charge in [-0.2, -0.15) is 0 Å². The summed E-state index contributed by atoms with van der Waals surface area (Å²) in [7, 11) is 0. The first kappa shape index (κ1) is 12.3. The molecule has 0 bridgehead atoms. The summed E-state index contributed by atoms with van der Waals surface area (Å²) in [5.74, 6) is -0.583. The smallest absolute Gasteiger partial charge is 0.235 e. The second-order valence-electron chi connectivity index (χ2n) is 2.76. The fraction of sp³-hybridized carbons (Fsp3) is 0.857. The predicted molar refractivity (Wildman–Crippen MR) is 47.8 cm³/mol. The van der Waals surface area contributed by atoms with Gasteiger partial charge in [-0.25, -0.2) is 0 Å². The summed E-state index contributed by atoms with van der Waals surface area (Å²) < 4.78 is 0. The lowest BCUT2D eigenvalue weighted by molar-refractivity contribution is -0.119. The normalized spacial score (nSPS) is 13.2. The van der Waals surface area contributed by atoms with Crippen LogP contribution in [0.4, 0.5) is 0 Å². The molecule has 0 aromatic heterocycles. The number of rotatable bonds is 7. The predicted octanol–water partition coefficient (Wildman–Crippen LogP) is -2.91. The van der Waals surface area contributed by atoms with Crippen molar-refractivity contribution in [3.63, 3.8) is 0 Å². The van der Waals surface area contributed by atoms with E-state index in [2.05, 4.69) is 0 Å². The quantitative estimate of drug-likeness (QED) is 0.344. The third kappa shape index (κ3) is 5.53. The second-order valence-corrected chi connectivity index (χ2v) is 2.76. The van der Waals surface area contributed by atoms with E-state index in [9.17, 15) is 4.79 Å². The van der Waals surface area contributed by atoms with Gasteiger partial charge in [0.25, 0.3) is 0 Å². The van der Waals surface area contributed by atoms with E-state index in [0.29, 0.717) is 13.1 Å². The van der Waals surface area contributed by atoms with Crippen molar-refractivity contribution in [2.75, 3.05) is 32.8 Å². The van der Waals surface area contributed by atoms with Gasteiger partial charge in [-0.15, -0.1) is 0 Å². The number of amides is 1. The summed E-state index contributed by atoms with van der Waals surface area (Å²) in [6.07, 6.45) is 0. The topological polar surface area (TPSA) is 113 Å². The van der Waals surface area contributed by atoms with Gasteiger partial charge in [-0.05, 0) is 0 Å². The highest BCUT2D eigenvalue weighted by Crippen LogP contribution is 1.89. The molecule has 78 valence electrons. The first-order chi connectivity index (χ1) is 6.11. The first-order valence-electron chi connectivity index (χ1n) is 4.10. The van der Waals surface area contributed by atoms with Gasteiger partial charge in [0, 0.05) is 19.6 Å². The SMILES string of the molecule is NC(=O)C(N)CN(CCO)CCO. The molecule has 0 rings (SSSR count). The standard InChI is InChI=1S/C7H17N3O3/c8-6(7(9)13)5-10(1-3-11)2-4-12/h6,11-12H,1-5,8H2,(H2,9,13). The molecule has 6 nitrogen and oxygen atoms in total. The van der Waals surface area contributed by atoms with Gasteiger partial charge in [0.1, 0.15) is 0 Å². The number of carbonyl (C=O) groups is 1. The molecule has 6 heteroatoms. The number of hydrogen-bond donors (Lipinski definition) is 4. The lowest BCUT2D eigenvalue weighted by atomic mass is 10.2. The Bertz CT molecular complexity index is 148. The van der Waals surface area contributed by atoms with E-state index in [1.807, 2.05) is 0 Å². The van der Waals surface area contributed by atoms with Gasteiger partial charge >= 0.3 is 0 Å². The van der Waals surface area contributed by atoms with Crippen molar-refractivity contribution in [2.45, 2.75) is 6.04 Å². The molecule has 0 aromatic carbocycles. The highest BCUT2D eigenvalue weighted by Gasteiger charge is 2.13. The Kier molecular flexibility index (Phi) is 6.43. The lowest BCUT2D eigenvalue weighted by Crippen LogP contribution is -2.47. The number of nitrogens with two attached hydrogens (primary N) is 2. The summed E-state index contributed by atoms with van der Waals surface area (Å²) in [6, 6.07) is -0.752. The molecular formula is C7H17N3O3. The van der Waals surface area contributed by atoms with E-state index in [-0.39, 0.29) is 19.8 Å². The second kappa shape index (κ2) is 6.79. The average molecular weight is 191 g/mol. The van der Waals surface area contributed by atoms with Crippen molar-refractivity contribution in [1.82, 2.24) is 4.90 Å². The molecule has 0 aliphatic rings. The van der Waals surface area contributed by atoms with Crippen LogP contribution in [-0.2, 0) is 4.79 Å². The largest absolute Gasteiger partial charge is 0.395 e. The molecule has 1 atom stereocenters. The summed E-state index contributed by atoms with van der Waals surface area (Å²) in [5.41, 5.74) is 10.4. The molecule has 0 heterocycles. The van der Waals surface area contributed by atoms with Crippen LogP contribution in [0.1, 0.15) is 0 Å². The van der Waals surface area contributed by atoms with E-state index >= 15 is 0 Å². The molecule has 0 aliphatic heterocycles. The highest BCUT2D eigenvalue weighted by atomic mass is 16.3. The Hall–Kier alpha value is -0.690. The lowest BCUT2D eigenvalue weighted by Gasteiger charge is -2.22. The molecule has 0 aliphatic carbocycles. The van der Waals surface area contributed by atoms with E-state index in [4.69, 9.17) is 21.7 Å². The van der Waals surface area contributed by atoms with Crippen LogP contribution in [0.5, 0.6) is 0 Å². The number of hydrogen-bond acceptors (Lipinski definition) is 5. The van der Waals surface area contributed by atoms with Gasteiger partial charge in [-0.1, -0.05) is 0 Å². The Balaban J connectivity index is 3.85. The monoisotopic (exact) mass is 191 g/mol. The summed E-state index contributed by atoms with van der Waals surface area (Å²) in [4.78, 5) is 12.3. The van der Waals surface area contributed by atoms with E-state index in [1.54, 1.807) is 4.90 Å². The van der Waals surface area contributed by atoms with Crippen molar-refractivity contribution >= 4 is 5.91 Å². The maximum absolute atomic E-state index is 10.6. The van der Waals surface area contributed by atoms with Gasteiger partial charge in [0.05, 0.1) is 19.3 Å². The van der Waals surface area contributed by atoms with Crippen LogP contribution in [0.2, 0.25) is 0 Å². The Labute approximate surface area is 77.1 Å². The fourth-order valence-corrected chi connectivity index (χ4v) is 0.945. The Morgan fingerprint density at radius 3 is 2.08 bits per heavy atom. The number of primary amides is 1. The maximum atomic E-state index is 10.6. The molecule has 6 N–H and O–H groups in total. The molecule has 0 fully saturated rings. The highest BCUT2D eigenvalue weighted by molar-refractivity contribution is 5.79. The van der Waals surface area contributed by atoms with Crippen LogP contribution >= 0.6 is 0 Å². The van der Waals surface area contributed by atoms with Crippen molar-refractivity contribution in [2.24, 2.45) is 11.5 Å². The summed E-state index contributed by atoms with van der Waals surface area (Å²) >= 11 is 0. The third-order valence-corrected chi connectivity index (χ3v) is 1.65. The van der Waals surface area contributed by atoms with E-state index in [1.165, 1.54) is 0 Å². The first-order valence-corrected chi connectivity index (χ1v) is 4.10. The molecular weight excluding hydrogens is 174 g/mol. The van der Waals surface area contributed by atoms with Crippen LogP contribution in [-0.4, -0.2) is 59.9 Å². The zero-order valence-electron chi connectivity index (χ0n) is 7.52. The van der Waals surface area contributed by atoms with Crippen molar-refractivity contribution < 1.29 is 15.0 Å². The average Bonchev–Trinajstić information content (AvgIpc) is 2.05. The molecule has 1 amide bonds. The van der Waals surface area contributed by atoms with E-state index in [0.717, 1.165) is 0 Å². The minimum Gasteiger partial charge on any atom is -0.395 e.